The Balaban J connectivity index is 1.77. The molecule has 0 radical (unpaired) electrons. The minimum absolute atomic E-state index is 0.0661. The van der Waals surface area contributed by atoms with Crippen molar-refractivity contribution in [3.8, 4) is 0 Å². The number of allylic oxidation sites excluding steroid dienone is 2. The number of halogens is 1. The topological polar surface area (TPSA) is 54.4 Å². The summed E-state index contributed by atoms with van der Waals surface area (Å²) in [7, 11) is 0. The molecule has 0 heterocycles. The van der Waals surface area contributed by atoms with Crippen molar-refractivity contribution in [2.24, 2.45) is 0 Å². The fourth-order valence-corrected chi connectivity index (χ4v) is 3.83. The van der Waals surface area contributed by atoms with Gasteiger partial charge in [0.05, 0.1) is 6.42 Å². The predicted octanol–water partition coefficient (Wildman–Crippen LogP) is 5.86. The number of hydrogen-bond acceptors (Lipinski definition) is 2. The van der Waals surface area contributed by atoms with Gasteiger partial charge in [0, 0.05) is 11.1 Å². The van der Waals surface area contributed by atoms with Gasteiger partial charge in [0.2, 0.25) is 0 Å². The molecule has 4 heteroatoms. The fourth-order valence-electron chi connectivity index (χ4n) is 3.83. The average Bonchev–Trinajstić information content (AvgIpc) is 2.99. The number of rotatable bonds is 5. The molecule has 0 atom stereocenters. The van der Waals surface area contributed by atoms with Crippen molar-refractivity contribution in [3.63, 3.8) is 0 Å². The van der Waals surface area contributed by atoms with E-state index in [1.807, 2.05) is 49.4 Å². The lowest BCUT2D eigenvalue weighted by atomic mass is 9.97. The number of hydrogen-bond donors (Lipinski definition) is 1. The molecular weight excluding hydrogens is 379 g/mol. The third-order valence-corrected chi connectivity index (χ3v) is 5.28. The molecule has 0 unspecified atom stereocenters. The molecule has 3 nitrogen and oxygen atoms in total. The molecular formula is C26H19FO3. The van der Waals surface area contributed by atoms with Gasteiger partial charge in [-0.2, -0.15) is 0 Å². The van der Waals surface area contributed by atoms with Gasteiger partial charge in [0.25, 0.3) is 0 Å². The zero-order valence-corrected chi connectivity index (χ0v) is 16.4. The van der Waals surface area contributed by atoms with Crippen LogP contribution in [-0.4, -0.2) is 16.9 Å². The van der Waals surface area contributed by atoms with Crippen LogP contribution >= 0.6 is 0 Å². The van der Waals surface area contributed by atoms with Crippen molar-refractivity contribution in [1.82, 2.24) is 0 Å². The first-order valence-corrected chi connectivity index (χ1v) is 9.58. The van der Waals surface area contributed by atoms with Gasteiger partial charge in [0.1, 0.15) is 5.82 Å². The Morgan fingerprint density at radius 1 is 0.900 bits per heavy atom. The maximum atomic E-state index is 13.8. The summed E-state index contributed by atoms with van der Waals surface area (Å²) in [6.07, 6.45) is 1.74. The molecule has 0 aliphatic heterocycles. The van der Waals surface area contributed by atoms with Crippen molar-refractivity contribution < 1.29 is 19.1 Å². The molecule has 30 heavy (non-hydrogen) atoms. The van der Waals surface area contributed by atoms with E-state index in [9.17, 15) is 19.1 Å². The Bertz CT molecular complexity index is 1220. The van der Waals surface area contributed by atoms with Gasteiger partial charge in [-0.15, -0.1) is 0 Å². The third-order valence-electron chi connectivity index (χ3n) is 5.28. The highest BCUT2D eigenvalue weighted by molar-refractivity contribution is 6.10. The van der Waals surface area contributed by atoms with Crippen LogP contribution in [0, 0.1) is 5.82 Å². The van der Waals surface area contributed by atoms with E-state index in [1.54, 1.807) is 24.3 Å². The number of carboxylic acid groups (broad SMARTS) is 1. The second-order valence-electron chi connectivity index (χ2n) is 7.24. The van der Waals surface area contributed by atoms with Crippen LogP contribution in [0.3, 0.4) is 0 Å². The van der Waals surface area contributed by atoms with Gasteiger partial charge in [-0.25, -0.2) is 4.39 Å². The van der Waals surface area contributed by atoms with Crippen LogP contribution < -0.4 is 0 Å². The van der Waals surface area contributed by atoms with E-state index < -0.39 is 11.8 Å². The highest BCUT2D eigenvalue weighted by Crippen LogP contribution is 2.43. The van der Waals surface area contributed by atoms with Crippen LogP contribution in [0.2, 0.25) is 0 Å². The van der Waals surface area contributed by atoms with Crippen molar-refractivity contribution in [2.75, 3.05) is 0 Å². The summed E-state index contributed by atoms with van der Waals surface area (Å²) >= 11 is 0. The van der Waals surface area contributed by atoms with Crippen LogP contribution in [0.4, 0.5) is 4.39 Å². The Kier molecular flexibility index (Phi) is 5.15. The quantitative estimate of drug-likeness (QED) is 0.548. The van der Waals surface area contributed by atoms with Crippen LogP contribution in [-0.2, 0) is 4.79 Å². The van der Waals surface area contributed by atoms with Gasteiger partial charge >= 0.3 is 5.97 Å². The summed E-state index contributed by atoms with van der Waals surface area (Å²) in [5, 5.41) is 9.28. The summed E-state index contributed by atoms with van der Waals surface area (Å²) in [6.45, 7) is 1.85. The Morgan fingerprint density at radius 2 is 1.63 bits per heavy atom. The highest BCUT2D eigenvalue weighted by Gasteiger charge is 2.25. The standard InChI is InChI=1S/C26H19FO3/c1-16-22(21-11-10-20(27)14-24(21)23(16)15-25(28)29)13-17-6-5-9-19(12-17)26(30)18-7-3-2-4-8-18/h2-14H,15H2,1H3,(H,28,29)/b22-13-. The van der Waals surface area contributed by atoms with E-state index in [0.29, 0.717) is 22.3 Å². The highest BCUT2D eigenvalue weighted by atomic mass is 19.1. The predicted molar refractivity (Wildman–Crippen MR) is 115 cm³/mol. The molecule has 4 rings (SSSR count). The number of carbonyl (C=O) groups excluding carboxylic acids is 1. The van der Waals surface area contributed by atoms with E-state index >= 15 is 0 Å². The molecule has 0 bridgehead atoms. The number of carboxylic acids is 1. The molecule has 0 aromatic heterocycles. The van der Waals surface area contributed by atoms with Crippen LogP contribution in [0.15, 0.2) is 78.4 Å². The summed E-state index contributed by atoms with van der Waals surface area (Å²) in [5.74, 6) is -1.43. The van der Waals surface area contributed by atoms with Crippen molar-refractivity contribution in [1.29, 1.82) is 0 Å². The summed E-state index contributed by atoms with van der Waals surface area (Å²) in [6, 6.07) is 20.8. The molecule has 1 aliphatic rings. The lowest BCUT2D eigenvalue weighted by Crippen LogP contribution is -2.00. The summed E-state index contributed by atoms with van der Waals surface area (Å²) in [5.41, 5.74) is 5.66. The minimum Gasteiger partial charge on any atom is -0.481 e. The molecule has 0 fully saturated rings. The number of carbonyl (C=O) groups is 2. The molecule has 0 amide bonds. The molecule has 0 spiro atoms. The van der Waals surface area contributed by atoms with Crippen LogP contribution in [0.1, 0.15) is 46.0 Å². The third kappa shape index (κ3) is 3.72. The molecule has 0 saturated heterocycles. The lowest BCUT2D eigenvalue weighted by Gasteiger charge is -2.06. The van der Waals surface area contributed by atoms with Gasteiger partial charge in [-0.1, -0.05) is 54.6 Å². The summed E-state index contributed by atoms with van der Waals surface area (Å²) in [4.78, 5) is 24.1. The Labute approximate surface area is 173 Å². The number of ketones is 1. The second-order valence-corrected chi connectivity index (χ2v) is 7.24. The van der Waals surface area contributed by atoms with Gasteiger partial charge in [-0.3, -0.25) is 9.59 Å². The van der Waals surface area contributed by atoms with E-state index in [4.69, 9.17) is 0 Å². The number of fused-ring (bicyclic) bond motifs is 1. The van der Waals surface area contributed by atoms with Crippen LogP contribution in [0.25, 0.3) is 17.2 Å². The first-order valence-electron chi connectivity index (χ1n) is 9.58. The van der Waals surface area contributed by atoms with Gasteiger partial charge < -0.3 is 5.11 Å². The molecule has 3 aromatic carbocycles. The monoisotopic (exact) mass is 398 g/mol. The fraction of sp³-hybridized carbons (Fsp3) is 0.0769. The zero-order chi connectivity index (χ0) is 21.3. The average molecular weight is 398 g/mol. The van der Waals surface area contributed by atoms with Gasteiger partial charge in [-0.05, 0) is 64.6 Å². The van der Waals surface area contributed by atoms with Crippen molar-refractivity contribution >= 4 is 29.0 Å². The molecule has 0 saturated carbocycles. The Morgan fingerprint density at radius 3 is 2.37 bits per heavy atom. The molecule has 148 valence electrons. The normalized spacial score (nSPS) is 14.1. The van der Waals surface area contributed by atoms with E-state index in [1.165, 1.54) is 12.1 Å². The maximum Gasteiger partial charge on any atom is 0.307 e. The summed E-state index contributed by atoms with van der Waals surface area (Å²) < 4.78 is 13.8. The number of benzene rings is 3. The smallest absolute Gasteiger partial charge is 0.307 e. The lowest BCUT2D eigenvalue weighted by molar-refractivity contribution is -0.135. The van der Waals surface area contributed by atoms with E-state index in [0.717, 1.165) is 22.3 Å². The van der Waals surface area contributed by atoms with Crippen LogP contribution in [0.5, 0.6) is 0 Å². The molecule has 1 N–H and O–H groups in total. The first kappa shape index (κ1) is 19.5. The van der Waals surface area contributed by atoms with E-state index in [2.05, 4.69) is 0 Å². The van der Waals surface area contributed by atoms with Crippen molar-refractivity contribution in [3.05, 3.63) is 112 Å². The first-order chi connectivity index (χ1) is 14.4. The zero-order valence-electron chi connectivity index (χ0n) is 16.4. The number of aliphatic carboxylic acids is 1. The molecule has 3 aromatic rings. The van der Waals surface area contributed by atoms with E-state index in [-0.39, 0.29) is 12.2 Å². The molecule has 1 aliphatic carbocycles. The SMILES string of the molecule is CC1=C(CC(=O)O)c2cc(F)ccc2/C1=C\c1cccc(C(=O)c2ccccc2)c1. The van der Waals surface area contributed by atoms with Gasteiger partial charge in [0.15, 0.2) is 5.78 Å². The Hall–Kier alpha value is -3.79. The maximum absolute atomic E-state index is 13.8. The second kappa shape index (κ2) is 7.91. The van der Waals surface area contributed by atoms with Crippen molar-refractivity contribution in [2.45, 2.75) is 13.3 Å². The minimum atomic E-state index is -0.962. The largest absolute Gasteiger partial charge is 0.481 e.